The number of hydrogen-bond acceptors (Lipinski definition) is 6. The number of carbonyl (C=O) groups is 2. The second kappa shape index (κ2) is 9.12. The third-order valence-corrected chi connectivity index (χ3v) is 5.87. The summed E-state index contributed by atoms with van der Waals surface area (Å²) in [5, 5.41) is 12.9. The zero-order valence-electron chi connectivity index (χ0n) is 15.0. The van der Waals surface area contributed by atoms with Gasteiger partial charge in [0.05, 0.1) is 16.0 Å². The van der Waals surface area contributed by atoms with E-state index in [0.717, 1.165) is 0 Å². The number of thiophene rings is 1. The molecule has 2 aromatic heterocycles. The first kappa shape index (κ1) is 21.1. The number of hydrogen-bond donors (Lipinski definition) is 2. The number of nitrogens with one attached hydrogen (secondary N) is 1. The van der Waals surface area contributed by atoms with Gasteiger partial charge in [-0.05, 0) is 47.1 Å². The van der Waals surface area contributed by atoms with E-state index in [0.29, 0.717) is 33.1 Å². The van der Waals surface area contributed by atoms with Crippen molar-refractivity contribution in [2.24, 2.45) is 7.05 Å². The van der Waals surface area contributed by atoms with E-state index in [2.05, 4.69) is 21.2 Å². The van der Waals surface area contributed by atoms with Crippen molar-refractivity contribution in [1.82, 2.24) is 9.88 Å². The maximum Gasteiger partial charge on any atom is 0.265 e. The van der Waals surface area contributed by atoms with Gasteiger partial charge >= 0.3 is 0 Å². The van der Waals surface area contributed by atoms with E-state index in [1.807, 2.05) is 0 Å². The molecule has 9 heteroatoms. The minimum absolute atomic E-state index is 0.225. The van der Waals surface area contributed by atoms with Crippen molar-refractivity contribution in [3.63, 3.8) is 0 Å². The van der Waals surface area contributed by atoms with Crippen LogP contribution in [0.3, 0.4) is 0 Å². The van der Waals surface area contributed by atoms with Gasteiger partial charge in [0.2, 0.25) is 0 Å². The van der Waals surface area contributed by atoms with Crippen LogP contribution >= 0.6 is 27.3 Å². The maximum atomic E-state index is 12.4. The summed E-state index contributed by atoms with van der Waals surface area (Å²) in [7, 11) is 3.07. The molecule has 2 heterocycles. The molecule has 0 fully saturated rings. The van der Waals surface area contributed by atoms with Crippen LogP contribution in [-0.4, -0.2) is 41.6 Å². The van der Waals surface area contributed by atoms with Crippen molar-refractivity contribution in [2.45, 2.75) is 6.92 Å². The molecule has 0 aliphatic rings. The van der Waals surface area contributed by atoms with Crippen LogP contribution in [0.5, 0.6) is 5.75 Å². The summed E-state index contributed by atoms with van der Waals surface area (Å²) in [4.78, 5) is 37.8. The number of carbonyl (C=O) groups excluding carboxylic acids is 2. The first-order valence-electron chi connectivity index (χ1n) is 7.95. The minimum Gasteiger partial charge on any atom is -0.506 e. The zero-order valence-corrected chi connectivity index (χ0v) is 17.4. The van der Waals surface area contributed by atoms with Crippen molar-refractivity contribution in [3.05, 3.63) is 54.0 Å². The van der Waals surface area contributed by atoms with Gasteiger partial charge in [-0.2, -0.15) is 0 Å². The lowest BCUT2D eigenvalue weighted by atomic mass is 10.1. The maximum absolute atomic E-state index is 12.4. The number of ketones is 1. The average Bonchev–Trinajstić information content (AvgIpc) is 3.12. The zero-order chi connectivity index (χ0) is 20.1. The van der Waals surface area contributed by atoms with Crippen LogP contribution < -0.4 is 10.9 Å². The van der Waals surface area contributed by atoms with Gasteiger partial charge in [-0.1, -0.05) is 0 Å². The molecular formula is C18H19BrN2O5S. The largest absolute Gasteiger partial charge is 0.506 e. The number of halogens is 1. The highest BCUT2D eigenvalue weighted by Crippen LogP contribution is 2.29. The third-order valence-electron chi connectivity index (χ3n) is 3.87. The molecule has 0 spiro atoms. The average molecular weight is 455 g/mol. The number of aromatic nitrogens is 1. The number of allylic oxidation sites excluding steroid dienone is 1. The van der Waals surface area contributed by atoms with Crippen LogP contribution in [0.4, 0.5) is 0 Å². The van der Waals surface area contributed by atoms with E-state index in [-0.39, 0.29) is 17.2 Å². The van der Waals surface area contributed by atoms with Crippen molar-refractivity contribution in [3.8, 4) is 5.75 Å². The molecule has 7 nitrogen and oxygen atoms in total. The molecule has 2 rings (SSSR count). The van der Waals surface area contributed by atoms with Crippen molar-refractivity contribution in [1.29, 1.82) is 0 Å². The van der Waals surface area contributed by atoms with Gasteiger partial charge < -0.3 is 19.7 Å². The van der Waals surface area contributed by atoms with Crippen molar-refractivity contribution >= 4 is 45.0 Å². The summed E-state index contributed by atoms with van der Waals surface area (Å²) in [5.74, 6) is -1.22. The molecule has 0 radical (unpaired) electrons. The summed E-state index contributed by atoms with van der Waals surface area (Å²) in [5.41, 5.74) is -0.368. The van der Waals surface area contributed by atoms with E-state index in [1.165, 1.54) is 35.1 Å². The Hall–Kier alpha value is -2.23. The number of rotatable bonds is 7. The number of methoxy groups -OCH3 is 1. The molecule has 0 saturated carbocycles. The van der Waals surface area contributed by atoms with Gasteiger partial charge in [0.1, 0.15) is 11.3 Å². The summed E-state index contributed by atoms with van der Waals surface area (Å²) < 4.78 is 6.46. The molecule has 27 heavy (non-hydrogen) atoms. The Morgan fingerprint density at radius 3 is 2.78 bits per heavy atom. The molecule has 1 amide bonds. The lowest BCUT2D eigenvalue weighted by molar-refractivity contribution is 0.0940. The first-order chi connectivity index (χ1) is 12.8. The summed E-state index contributed by atoms with van der Waals surface area (Å²) in [6, 6.07) is 3.35. The number of ether oxygens (including phenoxy) is 1. The molecule has 0 aromatic carbocycles. The van der Waals surface area contributed by atoms with Gasteiger partial charge in [-0.15, -0.1) is 11.3 Å². The monoisotopic (exact) mass is 454 g/mol. The normalized spacial score (nSPS) is 11.1. The van der Waals surface area contributed by atoms with Gasteiger partial charge in [0.15, 0.2) is 5.78 Å². The summed E-state index contributed by atoms with van der Waals surface area (Å²) in [6.07, 6.45) is 2.71. The van der Waals surface area contributed by atoms with E-state index >= 15 is 0 Å². The minimum atomic E-state index is -0.617. The molecule has 0 saturated heterocycles. The third kappa shape index (κ3) is 4.74. The van der Waals surface area contributed by atoms with E-state index < -0.39 is 11.3 Å². The Balaban J connectivity index is 2.19. The molecule has 0 atom stereocenters. The van der Waals surface area contributed by atoms with Crippen LogP contribution in [0.25, 0.3) is 6.08 Å². The van der Waals surface area contributed by atoms with Gasteiger partial charge in [-0.25, -0.2) is 0 Å². The van der Waals surface area contributed by atoms with Crippen LogP contribution in [0.15, 0.2) is 27.5 Å². The summed E-state index contributed by atoms with van der Waals surface area (Å²) in [6.45, 7) is 2.48. The van der Waals surface area contributed by atoms with Gasteiger partial charge in [-0.3, -0.25) is 14.4 Å². The lowest BCUT2D eigenvalue weighted by Gasteiger charge is -2.10. The van der Waals surface area contributed by atoms with Gasteiger partial charge in [0.25, 0.3) is 11.5 Å². The van der Waals surface area contributed by atoms with E-state index in [9.17, 15) is 19.5 Å². The SMILES string of the molecule is COCCNC(=O)c1ccc(/C=C/C(=O)c2c(O)c(Br)c(C)n(C)c2=O)s1. The topological polar surface area (TPSA) is 97.6 Å². The molecule has 2 aromatic rings. The van der Waals surface area contributed by atoms with Crippen LogP contribution in [0.1, 0.15) is 30.6 Å². The number of aromatic hydroxyl groups is 1. The quantitative estimate of drug-likeness (QED) is 0.380. The van der Waals surface area contributed by atoms with Crippen LogP contribution in [-0.2, 0) is 11.8 Å². The second-order valence-corrected chi connectivity index (χ2v) is 7.54. The molecule has 0 bridgehead atoms. The fraction of sp³-hybridized carbons (Fsp3) is 0.278. The Bertz CT molecular complexity index is 961. The summed E-state index contributed by atoms with van der Waals surface area (Å²) >= 11 is 4.39. The van der Waals surface area contributed by atoms with Crippen molar-refractivity contribution in [2.75, 3.05) is 20.3 Å². The predicted molar refractivity (Wildman–Crippen MR) is 108 cm³/mol. The molecule has 0 aliphatic heterocycles. The van der Waals surface area contributed by atoms with E-state index in [1.54, 1.807) is 26.2 Å². The van der Waals surface area contributed by atoms with Gasteiger partial charge in [0, 0.05) is 31.3 Å². The Morgan fingerprint density at radius 1 is 1.41 bits per heavy atom. The van der Waals surface area contributed by atoms with Crippen LogP contribution in [0.2, 0.25) is 0 Å². The number of amides is 1. The predicted octanol–water partition coefficient (Wildman–Crippen LogP) is 2.50. The Kier molecular flexibility index (Phi) is 7.11. The van der Waals surface area contributed by atoms with E-state index in [4.69, 9.17) is 4.74 Å². The standard InChI is InChI=1S/C18H19BrN2O5S/c1-10-15(19)16(23)14(18(25)21(10)2)12(22)6-4-11-5-7-13(27-11)17(24)20-8-9-26-3/h4-7,23H,8-9H2,1-3H3,(H,20,24)/b6-4+. The van der Waals surface area contributed by atoms with Crippen LogP contribution in [0, 0.1) is 6.92 Å². The molecular weight excluding hydrogens is 436 g/mol. The molecule has 0 aliphatic carbocycles. The number of nitrogens with zero attached hydrogens (tertiary/aromatic N) is 1. The highest BCUT2D eigenvalue weighted by molar-refractivity contribution is 9.10. The second-order valence-electron chi connectivity index (χ2n) is 5.64. The fourth-order valence-electron chi connectivity index (χ4n) is 2.23. The molecule has 144 valence electrons. The number of pyridine rings is 1. The Morgan fingerprint density at radius 2 is 2.11 bits per heavy atom. The highest BCUT2D eigenvalue weighted by atomic mass is 79.9. The first-order valence-corrected chi connectivity index (χ1v) is 9.56. The Labute approximate surface area is 168 Å². The van der Waals surface area contributed by atoms with Crippen molar-refractivity contribution < 1.29 is 19.4 Å². The highest BCUT2D eigenvalue weighted by Gasteiger charge is 2.20. The smallest absolute Gasteiger partial charge is 0.265 e. The molecule has 0 unspecified atom stereocenters. The lowest BCUT2D eigenvalue weighted by Crippen LogP contribution is -2.26. The fourth-order valence-corrected chi connectivity index (χ4v) is 3.52. The molecule has 2 N–H and O–H groups in total.